The van der Waals surface area contributed by atoms with Crippen LogP contribution in [-0.2, 0) is 32.8 Å². The van der Waals surface area contributed by atoms with Crippen molar-refractivity contribution in [1.29, 1.82) is 0 Å². The number of phenols is 2. The van der Waals surface area contributed by atoms with E-state index in [0.717, 1.165) is 32.7 Å². The maximum atomic E-state index is 10.7. The van der Waals surface area contributed by atoms with Gasteiger partial charge in [-0.1, -0.05) is 36.4 Å². The minimum Gasteiger partial charge on any atom is -0.507 e. The van der Waals surface area contributed by atoms with Crippen molar-refractivity contribution in [3.05, 3.63) is 71.8 Å². The molecule has 0 amide bonds. The zero-order chi connectivity index (χ0) is 21.1. The van der Waals surface area contributed by atoms with Gasteiger partial charge in [0, 0.05) is 11.1 Å². The van der Waals surface area contributed by atoms with Crippen molar-refractivity contribution >= 4 is 21.5 Å². The molecule has 0 unspecified atom stereocenters. The van der Waals surface area contributed by atoms with E-state index in [-0.39, 0.29) is 11.5 Å². The normalized spacial score (nSPS) is 11.4. The zero-order valence-corrected chi connectivity index (χ0v) is 16.7. The van der Waals surface area contributed by atoms with Crippen LogP contribution in [0, 0.1) is 0 Å². The molecule has 0 heterocycles. The number of hydrogen-bond acceptors (Lipinski definition) is 6. The lowest BCUT2D eigenvalue weighted by Gasteiger charge is -2.15. The van der Waals surface area contributed by atoms with Gasteiger partial charge in [0.15, 0.2) is 0 Å². The molecule has 0 bridgehead atoms. The minimum absolute atomic E-state index is 0.0954. The molecule has 4 aromatic rings. The van der Waals surface area contributed by atoms with Crippen molar-refractivity contribution in [3.8, 4) is 22.6 Å². The Balaban J connectivity index is 1.90. The lowest BCUT2D eigenvalue weighted by Crippen LogP contribution is -1.93. The molecular formula is C24H22O6. The Morgan fingerprint density at radius 1 is 0.600 bits per heavy atom. The van der Waals surface area contributed by atoms with Gasteiger partial charge in [-0.25, -0.2) is 19.6 Å². The molecule has 0 fully saturated rings. The third-order valence-electron chi connectivity index (χ3n) is 5.06. The van der Waals surface area contributed by atoms with Gasteiger partial charge in [-0.05, 0) is 56.9 Å². The van der Waals surface area contributed by atoms with Crippen LogP contribution >= 0.6 is 0 Å². The molecular weight excluding hydrogens is 384 g/mol. The second kappa shape index (κ2) is 8.69. The lowest BCUT2D eigenvalue weighted by atomic mass is 9.91. The van der Waals surface area contributed by atoms with Gasteiger partial charge < -0.3 is 10.2 Å². The van der Waals surface area contributed by atoms with Crippen LogP contribution in [0.15, 0.2) is 60.7 Å². The molecule has 4 aromatic carbocycles. The first-order valence-electron chi connectivity index (χ1n) is 9.43. The molecule has 0 atom stereocenters. The molecule has 0 saturated heterocycles. The SMILES string of the molecule is COOCc1ccc2c(-c3c(O)ccc4cc(COOC)ccc34)c(O)ccc2c1. The smallest absolute Gasteiger partial charge is 0.124 e. The van der Waals surface area contributed by atoms with Gasteiger partial charge in [-0.2, -0.15) is 0 Å². The molecule has 0 radical (unpaired) electrons. The third-order valence-corrected chi connectivity index (χ3v) is 5.06. The van der Waals surface area contributed by atoms with Crippen molar-refractivity contribution < 1.29 is 29.8 Å². The summed E-state index contributed by atoms with van der Waals surface area (Å²) in [7, 11) is 2.93. The molecule has 0 aliphatic heterocycles. The fourth-order valence-electron chi connectivity index (χ4n) is 3.69. The summed E-state index contributed by atoms with van der Waals surface area (Å²) in [6, 6.07) is 18.5. The molecule has 0 aromatic heterocycles. The molecule has 30 heavy (non-hydrogen) atoms. The average molecular weight is 406 g/mol. The summed E-state index contributed by atoms with van der Waals surface area (Å²) in [5.41, 5.74) is 3.03. The van der Waals surface area contributed by atoms with E-state index in [1.54, 1.807) is 12.1 Å². The van der Waals surface area contributed by atoms with Gasteiger partial charge >= 0.3 is 0 Å². The summed E-state index contributed by atoms with van der Waals surface area (Å²) in [5, 5.41) is 25.0. The molecule has 0 aliphatic rings. The van der Waals surface area contributed by atoms with Crippen LogP contribution < -0.4 is 0 Å². The monoisotopic (exact) mass is 406 g/mol. The highest BCUT2D eigenvalue weighted by Crippen LogP contribution is 2.44. The fourth-order valence-corrected chi connectivity index (χ4v) is 3.69. The van der Waals surface area contributed by atoms with Gasteiger partial charge in [-0.3, -0.25) is 0 Å². The third kappa shape index (κ3) is 3.81. The standard InChI is InChI=1S/C24H22O6/c1-27-29-13-15-3-7-19-17(11-15)5-9-21(25)23(19)24-20-8-4-16(14-30-28-2)12-18(20)6-10-22(24)26/h3-12,25-26H,13-14H2,1-2H3. The number of hydrogen-bond donors (Lipinski definition) is 2. The highest BCUT2D eigenvalue weighted by atomic mass is 17.2. The Bertz CT molecular complexity index is 1110. The van der Waals surface area contributed by atoms with E-state index in [9.17, 15) is 10.2 Å². The maximum absolute atomic E-state index is 10.7. The highest BCUT2D eigenvalue weighted by Gasteiger charge is 2.17. The summed E-state index contributed by atoms with van der Waals surface area (Å²) < 4.78 is 0. The minimum atomic E-state index is 0.0954. The summed E-state index contributed by atoms with van der Waals surface area (Å²) in [5.74, 6) is 0.191. The van der Waals surface area contributed by atoms with Crippen molar-refractivity contribution in [2.45, 2.75) is 13.2 Å². The van der Waals surface area contributed by atoms with E-state index in [1.165, 1.54) is 14.2 Å². The highest BCUT2D eigenvalue weighted by molar-refractivity contribution is 6.09. The summed E-state index contributed by atoms with van der Waals surface area (Å²) >= 11 is 0. The molecule has 2 N–H and O–H groups in total. The van der Waals surface area contributed by atoms with Crippen molar-refractivity contribution in [2.24, 2.45) is 0 Å². The van der Waals surface area contributed by atoms with E-state index < -0.39 is 0 Å². The van der Waals surface area contributed by atoms with E-state index in [0.29, 0.717) is 24.3 Å². The molecule has 4 rings (SSSR count). The quantitative estimate of drug-likeness (QED) is 0.323. The number of benzene rings is 4. The first kappa shape index (κ1) is 20.1. The Kier molecular flexibility index (Phi) is 5.83. The average Bonchev–Trinajstić information content (AvgIpc) is 2.77. The molecule has 0 saturated carbocycles. The number of rotatable bonds is 7. The van der Waals surface area contributed by atoms with E-state index in [4.69, 9.17) is 9.78 Å². The van der Waals surface area contributed by atoms with Crippen molar-refractivity contribution in [2.75, 3.05) is 14.2 Å². The van der Waals surface area contributed by atoms with Crippen LogP contribution in [0.25, 0.3) is 32.7 Å². The summed E-state index contributed by atoms with van der Waals surface area (Å²) in [6.45, 7) is 0.628. The van der Waals surface area contributed by atoms with Crippen molar-refractivity contribution in [1.82, 2.24) is 0 Å². The lowest BCUT2D eigenvalue weighted by molar-refractivity contribution is -0.282. The summed E-state index contributed by atoms with van der Waals surface area (Å²) in [4.78, 5) is 19.4. The van der Waals surface area contributed by atoms with Crippen LogP contribution in [-0.4, -0.2) is 24.4 Å². The first-order chi connectivity index (χ1) is 14.6. The zero-order valence-electron chi connectivity index (χ0n) is 16.7. The van der Waals surface area contributed by atoms with Crippen LogP contribution in [0.1, 0.15) is 11.1 Å². The second-order valence-electron chi connectivity index (χ2n) is 6.89. The Labute approximate surface area is 173 Å². The van der Waals surface area contributed by atoms with Crippen molar-refractivity contribution in [3.63, 3.8) is 0 Å². The van der Waals surface area contributed by atoms with E-state index >= 15 is 0 Å². The molecule has 6 nitrogen and oxygen atoms in total. The first-order valence-corrected chi connectivity index (χ1v) is 9.43. The Morgan fingerprint density at radius 3 is 1.43 bits per heavy atom. The largest absolute Gasteiger partial charge is 0.507 e. The number of phenolic OH excluding ortho intramolecular Hbond substituents is 2. The van der Waals surface area contributed by atoms with Crippen LogP contribution in [0.5, 0.6) is 11.5 Å². The van der Waals surface area contributed by atoms with Crippen LogP contribution in [0.3, 0.4) is 0 Å². The fraction of sp³-hybridized carbons (Fsp3) is 0.167. The predicted octanol–water partition coefficient (Wildman–Crippen LogP) is 5.23. The van der Waals surface area contributed by atoms with Gasteiger partial charge in [0.25, 0.3) is 0 Å². The molecule has 0 spiro atoms. The van der Waals surface area contributed by atoms with E-state index in [1.807, 2.05) is 48.5 Å². The second-order valence-corrected chi connectivity index (χ2v) is 6.89. The molecule has 6 heteroatoms. The van der Waals surface area contributed by atoms with Gasteiger partial charge in [0.05, 0.1) is 14.2 Å². The number of fused-ring (bicyclic) bond motifs is 2. The maximum Gasteiger partial charge on any atom is 0.124 e. The van der Waals surface area contributed by atoms with Crippen LogP contribution in [0.4, 0.5) is 0 Å². The van der Waals surface area contributed by atoms with Gasteiger partial charge in [0.2, 0.25) is 0 Å². The van der Waals surface area contributed by atoms with Gasteiger partial charge in [-0.15, -0.1) is 0 Å². The number of aromatic hydroxyl groups is 2. The van der Waals surface area contributed by atoms with E-state index in [2.05, 4.69) is 9.78 Å². The predicted molar refractivity (Wildman–Crippen MR) is 114 cm³/mol. The Morgan fingerprint density at radius 2 is 1.03 bits per heavy atom. The topological polar surface area (TPSA) is 77.4 Å². The Hall–Kier alpha value is -3.16. The summed E-state index contributed by atoms with van der Waals surface area (Å²) in [6.07, 6.45) is 0. The van der Waals surface area contributed by atoms with Crippen LogP contribution in [0.2, 0.25) is 0 Å². The molecule has 0 aliphatic carbocycles. The molecule has 154 valence electrons. The van der Waals surface area contributed by atoms with Gasteiger partial charge in [0.1, 0.15) is 24.7 Å².